The highest BCUT2D eigenvalue weighted by atomic mass is 16.2. The number of hydrogen-bond donors (Lipinski definition) is 7. The molecule has 4 unspecified atom stereocenters. The molecule has 45 heavy (non-hydrogen) atoms. The molecule has 9 N–H and O–H groups in total. The zero-order chi connectivity index (χ0) is 31.9. The molecule has 5 rings (SSSR count). The first-order valence-corrected chi connectivity index (χ1v) is 14.8. The minimum atomic E-state index is -1.08. The minimum Gasteiger partial charge on any atom is -0.368 e. The average Bonchev–Trinajstić information content (AvgIpc) is 3.64. The molecule has 232 valence electrons. The number of hydrogen-bond acceptors (Lipinski definition) is 5. The number of fused-ring (bicyclic) bond motifs is 2. The number of rotatable bonds is 13. The number of aromatic nitrogens is 2. The lowest BCUT2D eigenvalue weighted by Gasteiger charge is -2.24. The van der Waals surface area contributed by atoms with Crippen molar-refractivity contribution >= 4 is 45.4 Å². The predicted octanol–water partition coefficient (Wildman–Crippen LogP) is 1.96. The van der Waals surface area contributed by atoms with E-state index in [1.165, 1.54) is 6.92 Å². The molecule has 0 bridgehead atoms. The summed E-state index contributed by atoms with van der Waals surface area (Å²) >= 11 is 0. The van der Waals surface area contributed by atoms with Crippen LogP contribution in [0.5, 0.6) is 0 Å². The van der Waals surface area contributed by atoms with E-state index in [2.05, 4.69) is 25.9 Å². The molecule has 5 aromatic rings. The first-order valence-electron chi connectivity index (χ1n) is 14.8. The fraction of sp³-hybridized carbons (Fsp3) is 0.235. The zero-order valence-electron chi connectivity index (χ0n) is 24.9. The lowest BCUT2D eigenvalue weighted by atomic mass is 10.0. The monoisotopic (exact) mass is 607 g/mol. The molecule has 2 heterocycles. The number of carbonyl (C=O) groups excluding carboxylic acids is 4. The number of primary amides is 1. The average molecular weight is 608 g/mol. The van der Waals surface area contributed by atoms with Crippen molar-refractivity contribution < 1.29 is 19.2 Å². The third-order valence-electron chi connectivity index (χ3n) is 7.88. The van der Waals surface area contributed by atoms with E-state index in [0.717, 1.165) is 38.5 Å². The number of benzene rings is 3. The van der Waals surface area contributed by atoms with Gasteiger partial charge in [-0.1, -0.05) is 66.7 Å². The normalized spacial score (nSPS) is 13.9. The predicted molar refractivity (Wildman–Crippen MR) is 173 cm³/mol. The Bertz CT molecular complexity index is 1810. The van der Waals surface area contributed by atoms with Gasteiger partial charge >= 0.3 is 0 Å². The van der Waals surface area contributed by atoms with Gasteiger partial charge in [0, 0.05) is 47.0 Å². The van der Waals surface area contributed by atoms with E-state index >= 15 is 0 Å². The highest BCUT2D eigenvalue weighted by Crippen LogP contribution is 2.20. The Kier molecular flexibility index (Phi) is 9.59. The summed E-state index contributed by atoms with van der Waals surface area (Å²) in [5.41, 5.74) is 16.2. The Morgan fingerprint density at radius 1 is 0.644 bits per heavy atom. The number of aromatic amines is 2. The Hall–Kier alpha value is -5.42. The van der Waals surface area contributed by atoms with E-state index in [-0.39, 0.29) is 19.3 Å². The molecular weight excluding hydrogens is 570 g/mol. The third kappa shape index (κ3) is 7.57. The molecule has 0 spiro atoms. The van der Waals surface area contributed by atoms with E-state index in [0.29, 0.717) is 0 Å². The maximum atomic E-state index is 13.6. The molecule has 4 atom stereocenters. The van der Waals surface area contributed by atoms with Gasteiger partial charge in [-0.2, -0.15) is 0 Å². The minimum absolute atomic E-state index is 0.124. The number of nitrogens with two attached hydrogens (primary N) is 2. The summed E-state index contributed by atoms with van der Waals surface area (Å²) in [5, 5.41) is 10.0. The number of amides is 4. The molecule has 0 radical (unpaired) electrons. The lowest BCUT2D eigenvalue weighted by Crippen LogP contribution is -2.57. The van der Waals surface area contributed by atoms with Crippen molar-refractivity contribution in [2.24, 2.45) is 11.5 Å². The van der Waals surface area contributed by atoms with Gasteiger partial charge in [0.15, 0.2) is 0 Å². The molecule has 3 aromatic carbocycles. The van der Waals surface area contributed by atoms with Crippen molar-refractivity contribution in [2.75, 3.05) is 0 Å². The number of H-pyrrole nitrogens is 2. The fourth-order valence-electron chi connectivity index (χ4n) is 5.39. The van der Waals surface area contributed by atoms with Gasteiger partial charge in [-0.05, 0) is 42.2 Å². The summed E-state index contributed by atoms with van der Waals surface area (Å²) < 4.78 is 0. The molecule has 0 saturated heterocycles. The Morgan fingerprint density at radius 3 is 1.78 bits per heavy atom. The van der Waals surface area contributed by atoms with Crippen LogP contribution in [0, 0.1) is 0 Å². The van der Waals surface area contributed by atoms with E-state index < -0.39 is 47.8 Å². The van der Waals surface area contributed by atoms with Crippen molar-refractivity contribution in [2.45, 2.75) is 50.4 Å². The summed E-state index contributed by atoms with van der Waals surface area (Å²) in [5.74, 6) is -2.37. The van der Waals surface area contributed by atoms with Crippen LogP contribution in [0.4, 0.5) is 0 Å². The van der Waals surface area contributed by atoms with Gasteiger partial charge in [0.25, 0.3) is 0 Å². The second kappa shape index (κ2) is 13.9. The van der Waals surface area contributed by atoms with Crippen LogP contribution >= 0.6 is 0 Å². The van der Waals surface area contributed by atoms with Crippen molar-refractivity contribution in [1.29, 1.82) is 0 Å². The van der Waals surface area contributed by atoms with Crippen LogP contribution < -0.4 is 27.4 Å². The molecular formula is C34H37N7O4. The van der Waals surface area contributed by atoms with Crippen molar-refractivity contribution in [3.63, 3.8) is 0 Å². The van der Waals surface area contributed by atoms with E-state index in [1.807, 2.05) is 85.1 Å². The number of nitrogens with one attached hydrogen (secondary N) is 5. The van der Waals surface area contributed by atoms with E-state index in [1.54, 1.807) is 6.20 Å². The molecule has 2 aromatic heterocycles. The van der Waals surface area contributed by atoms with Gasteiger partial charge in [-0.3, -0.25) is 19.2 Å². The van der Waals surface area contributed by atoms with Gasteiger partial charge in [0.05, 0.1) is 6.04 Å². The second-order valence-electron chi connectivity index (χ2n) is 11.2. The maximum Gasteiger partial charge on any atom is 0.243 e. The summed E-state index contributed by atoms with van der Waals surface area (Å²) in [7, 11) is 0. The van der Waals surface area contributed by atoms with Crippen LogP contribution in [0.1, 0.15) is 23.6 Å². The highest BCUT2D eigenvalue weighted by Gasteiger charge is 2.29. The van der Waals surface area contributed by atoms with Crippen molar-refractivity contribution in [3.8, 4) is 0 Å². The summed E-state index contributed by atoms with van der Waals surface area (Å²) in [4.78, 5) is 58.6. The van der Waals surface area contributed by atoms with Gasteiger partial charge in [0.1, 0.15) is 18.1 Å². The molecule has 0 fully saturated rings. The van der Waals surface area contributed by atoms with E-state index in [4.69, 9.17) is 11.5 Å². The molecule has 0 saturated carbocycles. The second-order valence-corrected chi connectivity index (χ2v) is 11.2. The summed E-state index contributed by atoms with van der Waals surface area (Å²) in [6, 6.07) is 20.5. The first kappa shape index (κ1) is 31.0. The molecule has 11 nitrogen and oxygen atoms in total. The largest absolute Gasteiger partial charge is 0.368 e. The van der Waals surface area contributed by atoms with Crippen LogP contribution in [-0.2, 0) is 38.4 Å². The van der Waals surface area contributed by atoms with Gasteiger partial charge in [-0.25, -0.2) is 0 Å². The van der Waals surface area contributed by atoms with Gasteiger partial charge in [-0.15, -0.1) is 0 Å². The number of para-hydroxylation sites is 2. The lowest BCUT2D eigenvalue weighted by molar-refractivity contribution is -0.133. The smallest absolute Gasteiger partial charge is 0.243 e. The van der Waals surface area contributed by atoms with Crippen LogP contribution in [0.3, 0.4) is 0 Å². The molecule has 0 aliphatic rings. The topological polar surface area (TPSA) is 188 Å². The quantitative estimate of drug-likeness (QED) is 0.108. The Balaban J connectivity index is 1.28. The van der Waals surface area contributed by atoms with Crippen LogP contribution in [0.15, 0.2) is 91.3 Å². The zero-order valence-corrected chi connectivity index (χ0v) is 24.9. The molecule has 0 aliphatic carbocycles. The third-order valence-corrected chi connectivity index (χ3v) is 7.88. The molecule has 0 aliphatic heterocycles. The summed E-state index contributed by atoms with van der Waals surface area (Å²) in [6.45, 7) is 1.52. The van der Waals surface area contributed by atoms with Gasteiger partial charge < -0.3 is 37.4 Å². The highest BCUT2D eigenvalue weighted by molar-refractivity contribution is 5.95. The maximum absolute atomic E-state index is 13.6. The van der Waals surface area contributed by atoms with E-state index in [9.17, 15) is 19.2 Å². The number of carbonyl (C=O) groups is 4. The van der Waals surface area contributed by atoms with Crippen LogP contribution in [0.25, 0.3) is 21.8 Å². The van der Waals surface area contributed by atoms with Crippen molar-refractivity contribution in [1.82, 2.24) is 25.9 Å². The Morgan fingerprint density at radius 2 is 1.18 bits per heavy atom. The SMILES string of the molecule is CC(NC(=O)C(N)Cc1c[nH]c2ccccc12)C(=O)NC(Cc1c[nH]c2ccccc12)C(=O)NC(Cc1ccccc1)C(N)=O. The molecule has 11 heteroatoms. The molecule has 4 amide bonds. The Labute approximate surface area is 260 Å². The van der Waals surface area contributed by atoms with Crippen LogP contribution in [-0.4, -0.2) is 57.8 Å². The van der Waals surface area contributed by atoms with Crippen LogP contribution in [0.2, 0.25) is 0 Å². The summed E-state index contributed by atoms with van der Waals surface area (Å²) in [6.07, 6.45) is 4.18. The van der Waals surface area contributed by atoms with Crippen molar-refractivity contribution in [3.05, 3.63) is 108 Å². The standard InChI is InChI=1S/C34H37N7O4/c1-20(39-33(44)26(35)16-22-18-37-27-13-7-5-11-24(22)27)32(43)41-30(17-23-19-38-28-14-8-6-12-25(23)28)34(45)40-29(31(36)42)15-21-9-3-2-4-10-21/h2-14,18-20,26,29-30,37-38H,15-17,35H2,1H3,(H2,36,42)(H,39,44)(H,40,45)(H,41,43). The van der Waals surface area contributed by atoms with Gasteiger partial charge in [0.2, 0.25) is 23.6 Å². The first-order chi connectivity index (χ1) is 21.7. The fourth-order valence-corrected chi connectivity index (χ4v) is 5.39.